The van der Waals surface area contributed by atoms with Crippen LogP contribution in [0.5, 0.6) is 0 Å². The molecule has 0 aromatic rings. The summed E-state index contributed by atoms with van der Waals surface area (Å²) in [4.78, 5) is 11.0. The Balaban J connectivity index is 2.24. The van der Waals surface area contributed by atoms with Gasteiger partial charge in [0.2, 0.25) is 0 Å². The zero-order chi connectivity index (χ0) is 10.4. The van der Waals surface area contributed by atoms with Gasteiger partial charge in [0.15, 0.2) is 0 Å². The highest BCUT2D eigenvalue weighted by Gasteiger charge is 2.30. The Labute approximate surface area is 83.4 Å². The number of alkyl carbamates (subject to hydrolysis) is 1. The van der Waals surface area contributed by atoms with Crippen LogP contribution in [0, 0.1) is 0 Å². The Morgan fingerprint density at radius 3 is 2.79 bits per heavy atom. The quantitative estimate of drug-likeness (QED) is 0.691. The minimum atomic E-state index is -0.828. The van der Waals surface area contributed by atoms with E-state index in [1.54, 1.807) is 6.92 Å². The summed E-state index contributed by atoms with van der Waals surface area (Å²) in [7, 11) is 0. The average molecular weight is 203 g/mol. The van der Waals surface area contributed by atoms with Gasteiger partial charge < -0.3 is 19.9 Å². The summed E-state index contributed by atoms with van der Waals surface area (Å²) in [5.41, 5.74) is -0.828. The van der Waals surface area contributed by atoms with Crippen LogP contribution < -0.4 is 5.32 Å². The molecule has 0 saturated carbocycles. The van der Waals surface area contributed by atoms with Crippen LogP contribution in [0.3, 0.4) is 0 Å². The molecule has 5 heteroatoms. The van der Waals surface area contributed by atoms with E-state index < -0.39 is 11.7 Å². The van der Waals surface area contributed by atoms with Gasteiger partial charge in [0.05, 0.1) is 12.2 Å². The summed E-state index contributed by atoms with van der Waals surface area (Å²) >= 11 is 0. The molecule has 1 aliphatic heterocycles. The number of hydrogen-bond acceptors (Lipinski definition) is 4. The van der Waals surface area contributed by atoms with Gasteiger partial charge in [-0.05, 0) is 6.92 Å². The maximum atomic E-state index is 11.0. The first kappa shape index (κ1) is 11.3. The van der Waals surface area contributed by atoms with Crippen LogP contribution in [0.2, 0.25) is 0 Å². The SMILES string of the molecule is CCOC(=O)NCC1(O)CCOCC1. The number of nitrogens with one attached hydrogen (secondary N) is 1. The minimum absolute atomic E-state index is 0.231. The topological polar surface area (TPSA) is 67.8 Å². The lowest BCUT2D eigenvalue weighted by Crippen LogP contribution is -2.46. The summed E-state index contributed by atoms with van der Waals surface area (Å²) in [6.07, 6.45) is 0.631. The molecular formula is C9H17NO4. The molecule has 1 heterocycles. The fourth-order valence-electron chi connectivity index (χ4n) is 1.35. The number of ether oxygens (including phenoxy) is 2. The van der Waals surface area contributed by atoms with Crippen molar-refractivity contribution in [3.05, 3.63) is 0 Å². The number of carbonyl (C=O) groups excluding carboxylic acids is 1. The Bertz CT molecular complexity index is 189. The van der Waals surface area contributed by atoms with E-state index in [1.165, 1.54) is 0 Å². The molecule has 1 amide bonds. The van der Waals surface area contributed by atoms with Crippen LogP contribution in [0.1, 0.15) is 19.8 Å². The number of hydrogen-bond donors (Lipinski definition) is 2. The zero-order valence-corrected chi connectivity index (χ0v) is 8.41. The van der Waals surface area contributed by atoms with Gasteiger partial charge >= 0.3 is 6.09 Å². The average Bonchev–Trinajstić information content (AvgIpc) is 2.17. The Morgan fingerprint density at radius 1 is 1.57 bits per heavy atom. The van der Waals surface area contributed by atoms with Gasteiger partial charge in [0, 0.05) is 32.6 Å². The van der Waals surface area contributed by atoms with Crippen molar-refractivity contribution in [2.75, 3.05) is 26.4 Å². The van der Waals surface area contributed by atoms with Crippen molar-refractivity contribution in [2.24, 2.45) is 0 Å². The summed E-state index contributed by atoms with van der Waals surface area (Å²) < 4.78 is 9.80. The summed E-state index contributed by atoms with van der Waals surface area (Å²) in [5.74, 6) is 0. The number of amides is 1. The standard InChI is InChI=1S/C9H17NO4/c1-2-14-8(11)10-7-9(12)3-5-13-6-4-9/h12H,2-7H2,1H3,(H,10,11). The van der Waals surface area contributed by atoms with Gasteiger partial charge in [-0.2, -0.15) is 0 Å². The first-order valence-corrected chi connectivity index (χ1v) is 4.87. The molecule has 0 atom stereocenters. The van der Waals surface area contributed by atoms with Crippen LogP contribution in [0.25, 0.3) is 0 Å². The van der Waals surface area contributed by atoms with Crippen molar-refractivity contribution >= 4 is 6.09 Å². The van der Waals surface area contributed by atoms with Gasteiger partial charge in [-0.1, -0.05) is 0 Å². The summed E-state index contributed by atoms with van der Waals surface area (Å²) in [6, 6.07) is 0. The minimum Gasteiger partial charge on any atom is -0.450 e. The normalized spacial score (nSPS) is 20.1. The zero-order valence-electron chi connectivity index (χ0n) is 8.41. The molecule has 0 radical (unpaired) electrons. The summed E-state index contributed by atoms with van der Waals surface area (Å²) in [6.45, 7) is 3.40. The molecule has 0 aliphatic carbocycles. The van der Waals surface area contributed by atoms with E-state index in [2.05, 4.69) is 10.1 Å². The highest BCUT2D eigenvalue weighted by atomic mass is 16.5. The van der Waals surface area contributed by atoms with Crippen LogP contribution in [0.4, 0.5) is 4.79 Å². The molecule has 0 spiro atoms. The first-order chi connectivity index (χ1) is 6.66. The highest BCUT2D eigenvalue weighted by Crippen LogP contribution is 2.19. The molecule has 0 aromatic carbocycles. The third-order valence-electron chi connectivity index (χ3n) is 2.26. The van der Waals surface area contributed by atoms with E-state index in [9.17, 15) is 9.90 Å². The van der Waals surface area contributed by atoms with Gasteiger partial charge in [-0.3, -0.25) is 0 Å². The second-order valence-electron chi connectivity index (χ2n) is 3.41. The van der Waals surface area contributed by atoms with Crippen molar-refractivity contribution < 1.29 is 19.4 Å². The van der Waals surface area contributed by atoms with Crippen LogP contribution in [-0.2, 0) is 9.47 Å². The Morgan fingerprint density at radius 2 is 2.21 bits per heavy atom. The highest BCUT2D eigenvalue weighted by molar-refractivity contribution is 5.67. The lowest BCUT2D eigenvalue weighted by molar-refractivity contribution is -0.0610. The lowest BCUT2D eigenvalue weighted by Gasteiger charge is -2.31. The lowest BCUT2D eigenvalue weighted by atomic mass is 9.94. The van der Waals surface area contributed by atoms with Gasteiger partial charge in [0.25, 0.3) is 0 Å². The van der Waals surface area contributed by atoms with Crippen molar-refractivity contribution in [1.29, 1.82) is 0 Å². The van der Waals surface area contributed by atoms with Crippen LogP contribution in [0.15, 0.2) is 0 Å². The maximum Gasteiger partial charge on any atom is 0.407 e. The van der Waals surface area contributed by atoms with Crippen molar-refractivity contribution in [1.82, 2.24) is 5.32 Å². The predicted molar refractivity (Wildman–Crippen MR) is 50.0 cm³/mol. The molecule has 1 rings (SSSR count). The third kappa shape index (κ3) is 3.51. The molecular weight excluding hydrogens is 186 g/mol. The first-order valence-electron chi connectivity index (χ1n) is 4.87. The maximum absolute atomic E-state index is 11.0. The van der Waals surface area contributed by atoms with Gasteiger partial charge in [0.1, 0.15) is 0 Å². The predicted octanol–water partition coefficient (Wildman–Crippen LogP) is 0.274. The molecule has 1 fully saturated rings. The van der Waals surface area contributed by atoms with E-state index in [0.717, 1.165) is 0 Å². The fourth-order valence-corrected chi connectivity index (χ4v) is 1.35. The van der Waals surface area contributed by atoms with Crippen molar-refractivity contribution in [3.63, 3.8) is 0 Å². The number of carbonyl (C=O) groups is 1. The Hall–Kier alpha value is -0.810. The summed E-state index contributed by atoms with van der Waals surface area (Å²) in [5, 5.41) is 12.5. The van der Waals surface area contributed by atoms with Crippen molar-refractivity contribution in [2.45, 2.75) is 25.4 Å². The van der Waals surface area contributed by atoms with Gasteiger partial charge in [-0.25, -0.2) is 4.79 Å². The van der Waals surface area contributed by atoms with E-state index in [1.807, 2.05) is 0 Å². The van der Waals surface area contributed by atoms with Crippen LogP contribution in [-0.4, -0.2) is 43.2 Å². The molecule has 82 valence electrons. The molecule has 5 nitrogen and oxygen atoms in total. The number of rotatable bonds is 3. The van der Waals surface area contributed by atoms with E-state index in [0.29, 0.717) is 32.7 Å². The van der Waals surface area contributed by atoms with E-state index >= 15 is 0 Å². The van der Waals surface area contributed by atoms with E-state index in [4.69, 9.17) is 4.74 Å². The van der Waals surface area contributed by atoms with Gasteiger partial charge in [-0.15, -0.1) is 0 Å². The molecule has 0 unspecified atom stereocenters. The third-order valence-corrected chi connectivity index (χ3v) is 2.26. The second-order valence-corrected chi connectivity index (χ2v) is 3.41. The molecule has 2 N–H and O–H groups in total. The molecule has 1 aliphatic rings. The molecule has 14 heavy (non-hydrogen) atoms. The largest absolute Gasteiger partial charge is 0.450 e. The van der Waals surface area contributed by atoms with E-state index in [-0.39, 0.29) is 6.54 Å². The monoisotopic (exact) mass is 203 g/mol. The molecule has 0 bridgehead atoms. The molecule has 0 aromatic heterocycles. The van der Waals surface area contributed by atoms with Crippen molar-refractivity contribution in [3.8, 4) is 0 Å². The van der Waals surface area contributed by atoms with Crippen LogP contribution >= 0.6 is 0 Å². The molecule has 1 saturated heterocycles. The fraction of sp³-hybridized carbons (Fsp3) is 0.889. The smallest absolute Gasteiger partial charge is 0.407 e. The second kappa shape index (κ2) is 5.17. The Kier molecular flexibility index (Phi) is 4.16. The number of aliphatic hydroxyl groups is 1.